The smallest absolute Gasteiger partial charge is 0.254 e. The molecule has 22 heavy (non-hydrogen) atoms. The molecule has 0 fully saturated rings. The summed E-state index contributed by atoms with van der Waals surface area (Å²) in [4.78, 5) is 12.4. The molecule has 1 atom stereocenters. The first-order valence-electron chi connectivity index (χ1n) is 7.45. The molecule has 0 aliphatic heterocycles. The topological polar surface area (TPSA) is 67.2 Å². The third-order valence-electron chi connectivity index (χ3n) is 3.64. The first-order chi connectivity index (χ1) is 10.3. The summed E-state index contributed by atoms with van der Waals surface area (Å²) < 4.78 is 1.77. The van der Waals surface area contributed by atoms with E-state index in [1.807, 2.05) is 37.6 Å². The van der Waals surface area contributed by atoms with Crippen LogP contribution in [0.3, 0.4) is 0 Å². The number of amides is 1. The molecular formula is C16H23N3O2S. The number of rotatable bonds is 6. The third kappa shape index (κ3) is 3.56. The van der Waals surface area contributed by atoms with Crippen LogP contribution < -0.4 is 5.32 Å². The van der Waals surface area contributed by atoms with Crippen molar-refractivity contribution in [2.45, 2.75) is 45.8 Å². The summed E-state index contributed by atoms with van der Waals surface area (Å²) >= 11 is 1.52. The lowest BCUT2D eigenvalue weighted by molar-refractivity contribution is 0.0529. The van der Waals surface area contributed by atoms with E-state index in [2.05, 4.69) is 10.4 Å². The molecule has 0 aliphatic carbocycles. The van der Waals surface area contributed by atoms with E-state index in [-0.39, 0.29) is 18.4 Å². The van der Waals surface area contributed by atoms with Gasteiger partial charge in [-0.25, -0.2) is 0 Å². The second-order valence-corrected chi connectivity index (χ2v) is 6.69. The van der Waals surface area contributed by atoms with Crippen molar-refractivity contribution in [1.82, 2.24) is 15.1 Å². The van der Waals surface area contributed by atoms with Gasteiger partial charge in [0.25, 0.3) is 5.91 Å². The lowest BCUT2D eigenvalue weighted by Crippen LogP contribution is -2.38. The standard InChI is InChI=1S/C16H23N3O2S/c1-5-19-8-13(14(18-19)11(2)3)15(20)17-10-16(4,21)12-6-7-22-9-12/h6-9,11,21H,5,10H2,1-4H3,(H,17,20)/t16-/m0/s1. The van der Waals surface area contributed by atoms with E-state index in [1.54, 1.807) is 17.8 Å². The van der Waals surface area contributed by atoms with Crippen molar-refractivity contribution in [3.8, 4) is 0 Å². The zero-order valence-corrected chi connectivity index (χ0v) is 14.3. The maximum Gasteiger partial charge on any atom is 0.254 e. The van der Waals surface area contributed by atoms with E-state index in [0.29, 0.717) is 5.56 Å². The number of aliphatic hydroxyl groups is 1. The van der Waals surface area contributed by atoms with E-state index in [4.69, 9.17) is 0 Å². The summed E-state index contributed by atoms with van der Waals surface area (Å²) in [6, 6.07) is 1.87. The van der Waals surface area contributed by atoms with Gasteiger partial charge in [-0.3, -0.25) is 9.48 Å². The van der Waals surface area contributed by atoms with Crippen LogP contribution in [0.5, 0.6) is 0 Å². The second kappa shape index (κ2) is 6.62. The Hall–Kier alpha value is -1.66. The van der Waals surface area contributed by atoms with Crippen molar-refractivity contribution in [3.63, 3.8) is 0 Å². The molecule has 2 aromatic rings. The number of carbonyl (C=O) groups is 1. The van der Waals surface area contributed by atoms with E-state index < -0.39 is 5.60 Å². The average molecular weight is 321 g/mol. The van der Waals surface area contributed by atoms with Gasteiger partial charge >= 0.3 is 0 Å². The quantitative estimate of drug-likeness (QED) is 0.859. The van der Waals surface area contributed by atoms with Gasteiger partial charge in [-0.2, -0.15) is 16.4 Å². The van der Waals surface area contributed by atoms with Gasteiger partial charge in [-0.15, -0.1) is 0 Å². The Morgan fingerprint density at radius 3 is 2.82 bits per heavy atom. The summed E-state index contributed by atoms with van der Waals surface area (Å²) in [7, 11) is 0. The Morgan fingerprint density at radius 1 is 1.55 bits per heavy atom. The van der Waals surface area contributed by atoms with Crippen molar-refractivity contribution in [2.75, 3.05) is 6.54 Å². The number of aromatic nitrogens is 2. The molecule has 0 bridgehead atoms. The monoisotopic (exact) mass is 321 g/mol. The van der Waals surface area contributed by atoms with Gasteiger partial charge in [0.15, 0.2) is 0 Å². The van der Waals surface area contributed by atoms with Crippen molar-refractivity contribution < 1.29 is 9.90 Å². The Kier molecular flexibility index (Phi) is 5.03. The fraction of sp³-hybridized carbons (Fsp3) is 0.500. The zero-order valence-electron chi connectivity index (χ0n) is 13.5. The average Bonchev–Trinajstić information content (AvgIpc) is 3.13. The lowest BCUT2D eigenvalue weighted by Gasteiger charge is -2.22. The summed E-state index contributed by atoms with van der Waals surface area (Å²) in [5, 5.41) is 21.5. The van der Waals surface area contributed by atoms with E-state index in [1.165, 1.54) is 11.3 Å². The summed E-state index contributed by atoms with van der Waals surface area (Å²) in [5.41, 5.74) is 1.10. The molecular weight excluding hydrogens is 298 g/mol. The highest BCUT2D eigenvalue weighted by Crippen LogP contribution is 2.23. The Morgan fingerprint density at radius 2 is 2.27 bits per heavy atom. The number of nitrogens with zero attached hydrogens (tertiary/aromatic N) is 2. The van der Waals surface area contributed by atoms with Gasteiger partial charge in [0.2, 0.25) is 0 Å². The summed E-state index contributed by atoms with van der Waals surface area (Å²) in [5.74, 6) is -0.0233. The fourth-order valence-corrected chi connectivity index (χ4v) is 3.00. The van der Waals surface area contributed by atoms with Gasteiger partial charge in [-0.05, 0) is 42.2 Å². The van der Waals surface area contributed by atoms with Crippen LogP contribution in [0.2, 0.25) is 0 Å². The van der Waals surface area contributed by atoms with Crippen LogP contribution in [0.1, 0.15) is 55.2 Å². The SMILES string of the molecule is CCn1cc(C(=O)NC[C@](C)(O)c2ccsc2)c(C(C)C)n1. The van der Waals surface area contributed by atoms with Crippen LogP contribution in [-0.2, 0) is 12.1 Å². The number of hydrogen-bond acceptors (Lipinski definition) is 4. The van der Waals surface area contributed by atoms with Gasteiger partial charge in [0.1, 0.15) is 5.60 Å². The molecule has 120 valence electrons. The van der Waals surface area contributed by atoms with Gasteiger partial charge in [0.05, 0.1) is 17.8 Å². The predicted octanol–water partition coefficient (Wildman–Crippen LogP) is 2.73. The number of nitrogens with one attached hydrogen (secondary N) is 1. The van der Waals surface area contributed by atoms with Gasteiger partial charge in [0, 0.05) is 12.7 Å². The highest BCUT2D eigenvalue weighted by Gasteiger charge is 2.26. The van der Waals surface area contributed by atoms with E-state index in [9.17, 15) is 9.90 Å². The third-order valence-corrected chi connectivity index (χ3v) is 4.33. The molecule has 0 aromatic carbocycles. The molecule has 5 nitrogen and oxygen atoms in total. The second-order valence-electron chi connectivity index (χ2n) is 5.91. The maximum atomic E-state index is 12.4. The predicted molar refractivity (Wildman–Crippen MR) is 88.2 cm³/mol. The van der Waals surface area contributed by atoms with Gasteiger partial charge < -0.3 is 10.4 Å². The van der Waals surface area contributed by atoms with Crippen LogP contribution in [0.4, 0.5) is 0 Å². The fourth-order valence-electron chi connectivity index (χ4n) is 2.22. The highest BCUT2D eigenvalue weighted by molar-refractivity contribution is 7.08. The molecule has 0 aliphatic rings. The van der Waals surface area contributed by atoms with Gasteiger partial charge in [-0.1, -0.05) is 13.8 Å². The van der Waals surface area contributed by atoms with Crippen LogP contribution in [-0.4, -0.2) is 27.3 Å². The van der Waals surface area contributed by atoms with Crippen molar-refractivity contribution >= 4 is 17.2 Å². The molecule has 0 spiro atoms. The first kappa shape index (κ1) is 16.7. The summed E-state index contributed by atoms with van der Waals surface area (Å²) in [6.45, 7) is 8.60. The molecule has 1 amide bonds. The largest absolute Gasteiger partial charge is 0.384 e. The zero-order chi connectivity index (χ0) is 16.3. The molecule has 0 saturated heterocycles. The van der Waals surface area contributed by atoms with Crippen LogP contribution in [0.15, 0.2) is 23.0 Å². The Bertz CT molecular complexity index is 630. The first-order valence-corrected chi connectivity index (χ1v) is 8.40. The van der Waals surface area contributed by atoms with Crippen molar-refractivity contribution in [2.24, 2.45) is 0 Å². The molecule has 2 heterocycles. The maximum absolute atomic E-state index is 12.4. The molecule has 0 unspecified atom stereocenters. The van der Waals surface area contributed by atoms with Crippen LogP contribution in [0, 0.1) is 0 Å². The number of hydrogen-bond donors (Lipinski definition) is 2. The normalized spacial score (nSPS) is 14.1. The van der Waals surface area contributed by atoms with Crippen LogP contribution in [0.25, 0.3) is 0 Å². The molecule has 2 aromatic heterocycles. The molecule has 2 rings (SSSR count). The number of thiophene rings is 1. The minimum absolute atomic E-state index is 0.164. The number of carbonyl (C=O) groups excluding carboxylic acids is 1. The molecule has 0 saturated carbocycles. The number of aryl methyl sites for hydroxylation is 1. The summed E-state index contributed by atoms with van der Waals surface area (Å²) in [6.07, 6.45) is 1.77. The van der Waals surface area contributed by atoms with Crippen LogP contribution >= 0.6 is 11.3 Å². The van der Waals surface area contributed by atoms with Crippen molar-refractivity contribution in [1.29, 1.82) is 0 Å². The van der Waals surface area contributed by atoms with E-state index >= 15 is 0 Å². The molecule has 6 heteroatoms. The molecule has 0 radical (unpaired) electrons. The Labute approximate surface area is 135 Å². The highest BCUT2D eigenvalue weighted by atomic mass is 32.1. The lowest BCUT2D eigenvalue weighted by atomic mass is 9.99. The van der Waals surface area contributed by atoms with E-state index in [0.717, 1.165) is 17.8 Å². The molecule has 2 N–H and O–H groups in total. The minimum Gasteiger partial charge on any atom is -0.384 e. The Balaban J connectivity index is 2.11. The minimum atomic E-state index is -1.07. The van der Waals surface area contributed by atoms with Crippen molar-refractivity contribution in [3.05, 3.63) is 39.8 Å².